The molecule has 0 aromatic carbocycles. The highest BCUT2D eigenvalue weighted by Crippen LogP contribution is 2.45. The summed E-state index contributed by atoms with van der Waals surface area (Å²) in [6, 6.07) is 0. The highest BCUT2D eigenvalue weighted by atomic mass is 31.2. The first kappa shape index (κ1) is 103. The van der Waals surface area contributed by atoms with Crippen LogP contribution in [0.5, 0.6) is 0 Å². The van der Waals surface area contributed by atoms with Crippen LogP contribution in [0, 0.1) is 0 Å². The molecule has 0 aliphatic carbocycles. The number of phosphoric acid groups is 2. The summed E-state index contributed by atoms with van der Waals surface area (Å²) in [7, 11) is -9.79. The van der Waals surface area contributed by atoms with E-state index in [2.05, 4.69) is 142 Å². The smallest absolute Gasteiger partial charge is 0.463 e. The van der Waals surface area contributed by atoms with Crippen molar-refractivity contribution in [2.75, 3.05) is 39.6 Å². The lowest BCUT2D eigenvalue weighted by atomic mass is 10.0. The number of aliphatic hydroxyl groups excluding tert-OH is 2. The number of hydrogen-bond acceptors (Lipinski definition) is 14. The Morgan fingerprint density at radius 3 is 0.804 bits per heavy atom. The highest BCUT2D eigenvalue weighted by Gasteiger charge is 2.29. The Morgan fingerprint density at radius 1 is 0.271 bits per heavy atom. The number of allylic oxidation sites excluding steroid dienone is 20. The monoisotopic (exact) mass is 1540 g/mol. The summed E-state index contributed by atoms with van der Waals surface area (Å²) in [5.41, 5.74) is 0. The second kappa shape index (κ2) is 81.4. The molecule has 0 heterocycles. The van der Waals surface area contributed by atoms with Crippen LogP contribution in [0.1, 0.15) is 367 Å². The maximum absolute atomic E-state index is 13.0. The van der Waals surface area contributed by atoms with E-state index in [0.29, 0.717) is 19.3 Å². The van der Waals surface area contributed by atoms with Crippen molar-refractivity contribution in [1.82, 2.24) is 0 Å². The first-order valence-corrected chi connectivity index (χ1v) is 45.8. The Morgan fingerprint density at radius 2 is 0.495 bits per heavy atom. The molecule has 0 aliphatic heterocycles. The lowest BCUT2D eigenvalue weighted by Gasteiger charge is -2.21. The van der Waals surface area contributed by atoms with Gasteiger partial charge in [0.25, 0.3) is 0 Å². The minimum Gasteiger partial charge on any atom is -0.463 e. The number of carbonyl (C=O) groups excluding carboxylic acids is 3. The van der Waals surface area contributed by atoms with E-state index in [4.69, 9.17) is 32.3 Å². The number of unbranched alkanes of at least 4 members (excludes halogenated alkanes) is 38. The molecule has 0 aliphatic rings. The molecule has 107 heavy (non-hydrogen) atoms. The van der Waals surface area contributed by atoms with Gasteiger partial charge in [-0.3, -0.25) is 32.5 Å². The summed E-state index contributed by atoms with van der Waals surface area (Å²) in [5.74, 6) is -1.57. The third kappa shape index (κ3) is 82.7. The van der Waals surface area contributed by atoms with Gasteiger partial charge >= 0.3 is 33.6 Å². The number of rotatable bonds is 81. The second-order valence-electron chi connectivity index (χ2n) is 28.6. The summed E-state index contributed by atoms with van der Waals surface area (Å²) in [5, 5.41) is 20.7. The van der Waals surface area contributed by atoms with Crippen LogP contribution in [0.15, 0.2) is 122 Å². The molecule has 0 rings (SSSR count). The molecule has 0 spiro atoms. The van der Waals surface area contributed by atoms with Crippen molar-refractivity contribution in [3.63, 3.8) is 0 Å². The molecule has 0 fully saturated rings. The summed E-state index contributed by atoms with van der Waals surface area (Å²) in [4.78, 5) is 58.8. The van der Waals surface area contributed by atoms with Gasteiger partial charge in [0.05, 0.1) is 26.4 Å². The quantitative estimate of drug-likeness (QED) is 0.0146. The van der Waals surface area contributed by atoms with Crippen LogP contribution >= 0.6 is 15.6 Å². The van der Waals surface area contributed by atoms with Crippen molar-refractivity contribution in [1.29, 1.82) is 0 Å². The standard InChI is InChI=1S/C89H156O16P2/c1-4-7-10-13-16-19-22-25-28-30-32-34-36-38-39-40-41-42-43-45-47-48-50-52-55-57-60-63-66-69-72-75-87(92)99-78-84(90)79-101-106(95,96)102-80-85(91)81-103-107(97,98)104-83-86(105-89(94)77-74-71-68-65-62-59-54-27-24-21-18-15-12-9-6-3)82-100-88(93)76-73-70-67-64-61-58-56-53-51-49-46-44-37-35-33-31-29-26-23-20-17-14-11-8-5-2/h7,10,16-17,19-20,25-26,28-29,32-35,38-39,41-42,44,46,84-86,90-91H,4-6,8-9,11-15,18,21-24,27,30-31,36-37,40,43,45,47-83H2,1-3H3,(H,95,96)(H,97,98)/b10-7-,19-16-,20-17-,28-25-,29-26-,34-32-,35-33-,39-38-,42-41-,46-44-. The number of aliphatic hydroxyl groups is 2. The molecule has 5 atom stereocenters. The number of esters is 3. The average Bonchev–Trinajstić information content (AvgIpc) is 0.906. The molecular weight excluding hydrogens is 1390 g/mol. The fraction of sp³-hybridized carbons (Fsp3) is 0.742. The Balaban J connectivity index is 4.50. The van der Waals surface area contributed by atoms with Gasteiger partial charge < -0.3 is 34.2 Å². The Kier molecular flexibility index (Phi) is 78.4. The van der Waals surface area contributed by atoms with E-state index in [1.165, 1.54) is 167 Å². The largest absolute Gasteiger partial charge is 0.472 e. The zero-order chi connectivity index (χ0) is 78.0. The summed E-state index contributed by atoms with van der Waals surface area (Å²) in [6.45, 7) is 2.58. The van der Waals surface area contributed by atoms with Gasteiger partial charge in [0, 0.05) is 19.3 Å². The fourth-order valence-electron chi connectivity index (χ4n) is 11.7. The van der Waals surface area contributed by atoms with E-state index >= 15 is 0 Å². The highest BCUT2D eigenvalue weighted by molar-refractivity contribution is 7.47. The van der Waals surface area contributed by atoms with Crippen molar-refractivity contribution in [2.24, 2.45) is 0 Å². The maximum atomic E-state index is 13.0. The van der Waals surface area contributed by atoms with Gasteiger partial charge in [0.1, 0.15) is 25.4 Å². The predicted molar refractivity (Wildman–Crippen MR) is 445 cm³/mol. The Bertz CT molecular complexity index is 2430. The molecule has 4 N–H and O–H groups in total. The second-order valence-corrected chi connectivity index (χ2v) is 31.5. The van der Waals surface area contributed by atoms with Crippen molar-refractivity contribution < 1.29 is 75.8 Å². The topological polar surface area (TPSA) is 231 Å². The lowest BCUT2D eigenvalue weighted by Crippen LogP contribution is -2.30. The molecule has 0 radical (unpaired) electrons. The van der Waals surface area contributed by atoms with Gasteiger partial charge in [0.15, 0.2) is 6.10 Å². The van der Waals surface area contributed by atoms with Crippen LogP contribution in [0.3, 0.4) is 0 Å². The summed E-state index contributed by atoms with van der Waals surface area (Å²) >= 11 is 0. The Labute approximate surface area is 653 Å². The van der Waals surface area contributed by atoms with E-state index in [1.807, 2.05) is 0 Å². The van der Waals surface area contributed by atoms with E-state index in [9.17, 15) is 43.5 Å². The predicted octanol–water partition coefficient (Wildman–Crippen LogP) is 25.7. The van der Waals surface area contributed by atoms with Crippen LogP contribution in [-0.2, 0) is 55.8 Å². The molecule has 18 heteroatoms. The van der Waals surface area contributed by atoms with E-state index in [-0.39, 0.29) is 19.3 Å². The van der Waals surface area contributed by atoms with Crippen LogP contribution < -0.4 is 0 Å². The summed E-state index contributed by atoms with van der Waals surface area (Å²) in [6.07, 6.45) is 98.1. The van der Waals surface area contributed by atoms with Gasteiger partial charge in [-0.2, -0.15) is 0 Å². The molecule has 0 aromatic heterocycles. The van der Waals surface area contributed by atoms with Crippen molar-refractivity contribution >= 4 is 33.6 Å². The zero-order valence-corrected chi connectivity index (χ0v) is 69.6. The van der Waals surface area contributed by atoms with E-state index < -0.39 is 91.5 Å². The minimum absolute atomic E-state index is 0.107. The molecule has 0 saturated carbocycles. The van der Waals surface area contributed by atoms with Crippen LogP contribution in [0.25, 0.3) is 0 Å². The molecule has 5 unspecified atom stereocenters. The maximum Gasteiger partial charge on any atom is 0.472 e. The van der Waals surface area contributed by atoms with Crippen LogP contribution in [-0.4, -0.2) is 95.9 Å². The van der Waals surface area contributed by atoms with Crippen molar-refractivity contribution in [3.05, 3.63) is 122 Å². The molecule has 16 nitrogen and oxygen atoms in total. The first-order valence-electron chi connectivity index (χ1n) is 42.8. The minimum atomic E-state index is -4.93. The van der Waals surface area contributed by atoms with Crippen molar-refractivity contribution in [2.45, 2.75) is 386 Å². The molecule has 0 aromatic rings. The van der Waals surface area contributed by atoms with Gasteiger partial charge in [-0.1, -0.05) is 354 Å². The van der Waals surface area contributed by atoms with Crippen LogP contribution in [0.2, 0.25) is 0 Å². The number of carbonyl (C=O) groups is 3. The number of ether oxygens (including phenoxy) is 3. The third-order valence-corrected chi connectivity index (χ3v) is 20.1. The third-order valence-electron chi connectivity index (χ3n) is 18.2. The number of phosphoric ester groups is 2. The SMILES string of the molecule is CC/C=C\C/C=C\C/C=C\C/C=C\C/C=C\C/C=C\CCCCCCCCCCCCCCC(=O)OCC(O)COP(=O)(O)OCC(O)COP(=O)(O)OCC(COC(=O)CCCCCCCCCCC/C=C\C/C=C\C/C=C\C/C=C\CCCCC)OC(=O)CCCCCCCCCCCCCCCCC. The van der Waals surface area contributed by atoms with E-state index in [1.54, 1.807) is 0 Å². The van der Waals surface area contributed by atoms with Gasteiger partial charge in [-0.25, -0.2) is 9.13 Å². The zero-order valence-electron chi connectivity index (χ0n) is 67.8. The van der Waals surface area contributed by atoms with Crippen molar-refractivity contribution in [3.8, 4) is 0 Å². The molecule has 0 saturated heterocycles. The molecule has 0 bridgehead atoms. The molecular formula is C89H156O16P2. The normalized spacial score (nSPS) is 14.5. The first-order chi connectivity index (χ1) is 52.2. The number of hydrogen-bond donors (Lipinski definition) is 4. The van der Waals surface area contributed by atoms with Crippen LogP contribution in [0.4, 0.5) is 0 Å². The molecule has 0 amide bonds. The van der Waals surface area contributed by atoms with Gasteiger partial charge in [-0.15, -0.1) is 0 Å². The Hall–Kier alpha value is -4.05. The average molecular weight is 1540 g/mol. The molecule has 618 valence electrons. The van der Waals surface area contributed by atoms with E-state index in [0.717, 1.165) is 141 Å². The van der Waals surface area contributed by atoms with Gasteiger partial charge in [0.2, 0.25) is 0 Å². The summed E-state index contributed by atoms with van der Waals surface area (Å²) < 4.78 is 61.3. The fourth-order valence-corrected chi connectivity index (χ4v) is 13.3. The lowest BCUT2D eigenvalue weighted by molar-refractivity contribution is -0.161. The van der Waals surface area contributed by atoms with Gasteiger partial charge in [-0.05, 0) is 116 Å².